The number of carbonyl (C=O) groups is 1. The Morgan fingerprint density at radius 3 is 2.60 bits per heavy atom. The van der Waals surface area contributed by atoms with E-state index in [1.165, 1.54) is 12.3 Å². The van der Waals surface area contributed by atoms with E-state index in [1.807, 2.05) is 30.3 Å². The van der Waals surface area contributed by atoms with Crippen molar-refractivity contribution in [1.82, 2.24) is 10.3 Å². The minimum Gasteiger partial charge on any atom is -0.497 e. The van der Waals surface area contributed by atoms with Crippen LogP contribution in [-0.2, 0) is 6.54 Å². The summed E-state index contributed by atoms with van der Waals surface area (Å²) in [4.78, 5) is 15.8. The first-order valence-corrected chi connectivity index (χ1v) is 6.00. The Hall–Kier alpha value is -2.87. The maximum absolute atomic E-state index is 11.9. The number of ether oxygens (including phenoxy) is 1. The number of methoxy groups -OCH3 is 1. The molecule has 0 aliphatic rings. The molecule has 0 saturated carbocycles. The van der Waals surface area contributed by atoms with Gasteiger partial charge in [0.1, 0.15) is 17.5 Å². The highest BCUT2D eigenvalue weighted by atomic mass is 16.5. The lowest BCUT2D eigenvalue weighted by Crippen LogP contribution is -2.23. The van der Waals surface area contributed by atoms with Gasteiger partial charge in [-0.2, -0.15) is 5.26 Å². The average molecular weight is 267 g/mol. The van der Waals surface area contributed by atoms with E-state index in [2.05, 4.69) is 10.3 Å². The molecule has 0 spiro atoms. The predicted octanol–water partition coefficient (Wildman–Crippen LogP) is 1.89. The highest BCUT2D eigenvalue weighted by Gasteiger charge is 2.06. The summed E-state index contributed by atoms with van der Waals surface area (Å²) in [6, 6.07) is 12.5. The molecule has 0 fully saturated rings. The van der Waals surface area contributed by atoms with Gasteiger partial charge >= 0.3 is 0 Å². The number of hydrogen-bond acceptors (Lipinski definition) is 4. The van der Waals surface area contributed by atoms with Crippen LogP contribution in [0.2, 0.25) is 0 Å². The first-order chi connectivity index (χ1) is 9.72. The van der Waals surface area contributed by atoms with Crippen LogP contribution in [0.15, 0.2) is 42.6 Å². The number of nitriles is 1. The minimum atomic E-state index is -0.273. The molecule has 5 heteroatoms. The van der Waals surface area contributed by atoms with Crippen molar-refractivity contribution in [3.63, 3.8) is 0 Å². The van der Waals surface area contributed by atoms with Crippen LogP contribution in [0.4, 0.5) is 0 Å². The molecule has 0 unspecified atom stereocenters. The van der Waals surface area contributed by atoms with Crippen molar-refractivity contribution in [1.29, 1.82) is 5.26 Å². The van der Waals surface area contributed by atoms with Gasteiger partial charge in [0.15, 0.2) is 0 Å². The van der Waals surface area contributed by atoms with Crippen LogP contribution in [0.5, 0.6) is 5.75 Å². The summed E-state index contributed by atoms with van der Waals surface area (Å²) in [5.74, 6) is 0.499. The third kappa shape index (κ3) is 3.33. The zero-order valence-electron chi connectivity index (χ0n) is 11.0. The lowest BCUT2D eigenvalue weighted by Gasteiger charge is -2.06. The molecular weight excluding hydrogens is 254 g/mol. The van der Waals surface area contributed by atoms with Crippen molar-refractivity contribution >= 4 is 5.91 Å². The second-order valence-electron chi connectivity index (χ2n) is 4.07. The van der Waals surface area contributed by atoms with Crippen molar-refractivity contribution in [3.8, 4) is 11.8 Å². The second kappa shape index (κ2) is 6.34. The average Bonchev–Trinajstić information content (AvgIpc) is 2.53. The molecule has 0 bridgehead atoms. The summed E-state index contributed by atoms with van der Waals surface area (Å²) >= 11 is 0. The van der Waals surface area contributed by atoms with E-state index in [0.717, 1.165) is 11.3 Å². The highest BCUT2D eigenvalue weighted by molar-refractivity contribution is 5.92. The van der Waals surface area contributed by atoms with Crippen molar-refractivity contribution in [2.75, 3.05) is 7.11 Å². The Balaban J connectivity index is 1.95. The lowest BCUT2D eigenvalue weighted by atomic mass is 10.2. The second-order valence-corrected chi connectivity index (χ2v) is 4.07. The fraction of sp³-hybridized carbons (Fsp3) is 0.133. The van der Waals surface area contributed by atoms with Crippen molar-refractivity contribution in [2.24, 2.45) is 0 Å². The van der Waals surface area contributed by atoms with E-state index in [4.69, 9.17) is 10.00 Å². The Morgan fingerprint density at radius 2 is 2.05 bits per heavy atom. The van der Waals surface area contributed by atoms with Gasteiger partial charge in [-0.3, -0.25) is 4.79 Å². The van der Waals surface area contributed by atoms with Gasteiger partial charge in [-0.1, -0.05) is 12.1 Å². The highest BCUT2D eigenvalue weighted by Crippen LogP contribution is 2.11. The smallest absolute Gasteiger partial charge is 0.270 e. The van der Waals surface area contributed by atoms with Gasteiger partial charge in [-0.15, -0.1) is 0 Å². The molecule has 100 valence electrons. The van der Waals surface area contributed by atoms with E-state index >= 15 is 0 Å². The van der Waals surface area contributed by atoms with E-state index in [9.17, 15) is 4.79 Å². The maximum Gasteiger partial charge on any atom is 0.270 e. The fourth-order valence-corrected chi connectivity index (χ4v) is 1.61. The fourth-order valence-electron chi connectivity index (χ4n) is 1.61. The predicted molar refractivity (Wildman–Crippen MR) is 73.1 cm³/mol. The van der Waals surface area contributed by atoms with Crippen LogP contribution < -0.4 is 10.1 Å². The van der Waals surface area contributed by atoms with Gasteiger partial charge in [0.2, 0.25) is 0 Å². The third-order valence-corrected chi connectivity index (χ3v) is 2.74. The Bertz CT molecular complexity index is 628. The molecule has 5 nitrogen and oxygen atoms in total. The standard InChI is InChI=1S/C15H13N3O2/c1-20-13-5-2-11(3-6-13)9-18-15(19)14-7-4-12(8-16)10-17-14/h2-7,10H,9H2,1H3,(H,18,19). The number of aromatic nitrogens is 1. The molecule has 1 N–H and O–H groups in total. The number of pyridine rings is 1. The van der Waals surface area contributed by atoms with E-state index < -0.39 is 0 Å². The van der Waals surface area contributed by atoms with E-state index in [-0.39, 0.29) is 11.6 Å². The number of rotatable bonds is 4. The zero-order chi connectivity index (χ0) is 14.4. The van der Waals surface area contributed by atoms with Crippen LogP contribution in [0.3, 0.4) is 0 Å². The number of benzene rings is 1. The Morgan fingerprint density at radius 1 is 1.30 bits per heavy atom. The topological polar surface area (TPSA) is 75.0 Å². The summed E-state index contributed by atoms with van der Waals surface area (Å²) in [6.45, 7) is 0.407. The molecule has 0 aliphatic carbocycles. The zero-order valence-corrected chi connectivity index (χ0v) is 11.0. The largest absolute Gasteiger partial charge is 0.497 e. The summed E-state index contributed by atoms with van der Waals surface area (Å²) < 4.78 is 5.06. The molecule has 1 heterocycles. The van der Waals surface area contributed by atoms with Crippen LogP contribution in [0.1, 0.15) is 21.6 Å². The number of nitrogens with one attached hydrogen (secondary N) is 1. The van der Waals surface area contributed by atoms with Crippen LogP contribution in [0.25, 0.3) is 0 Å². The molecular formula is C15H13N3O2. The number of carbonyl (C=O) groups excluding carboxylic acids is 1. The molecule has 1 aromatic heterocycles. The molecule has 1 aromatic carbocycles. The summed E-state index contributed by atoms with van der Waals surface area (Å²) in [5.41, 5.74) is 1.68. The van der Waals surface area contributed by atoms with Crippen molar-refractivity contribution in [3.05, 3.63) is 59.4 Å². The van der Waals surface area contributed by atoms with E-state index in [0.29, 0.717) is 12.1 Å². The van der Waals surface area contributed by atoms with Crippen LogP contribution in [-0.4, -0.2) is 18.0 Å². The van der Waals surface area contributed by atoms with Gasteiger partial charge in [0.05, 0.1) is 12.7 Å². The molecule has 2 aromatic rings. The van der Waals surface area contributed by atoms with Gasteiger partial charge in [-0.25, -0.2) is 4.98 Å². The molecule has 1 amide bonds. The third-order valence-electron chi connectivity index (χ3n) is 2.74. The first-order valence-electron chi connectivity index (χ1n) is 6.00. The lowest BCUT2D eigenvalue weighted by molar-refractivity contribution is 0.0946. The Labute approximate surface area is 116 Å². The van der Waals surface area contributed by atoms with Gasteiger partial charge < -0.3 is 10.1 Å². The van der Waals surface area contributed by atoms with Gasteiger partial charge in [0.25, 0.3) is 5.91 Å². The normalized spacial score (nSPS) is 9.60. The minimum absolute atomic E-state index is 0.273. The molecule has 0 saturated heterocycles. The van der Waals surface area contributed by atoms with E-state index in [1.54, 1.807) is 13.2 Å². The van der Waals surface area contributed by atoms with Gasteiger partial charge in [0, 0.05) is 12.7 Å². The Kier molecular flexibility index (Phi) is 4.30. The molecule has 2 rings (SSSR count). The monoisotopic (exact) mass is 267 g/mol. The van der Waals surface area contributed by atoms with Crippen molar-refractivity contribution in [2.45, 2.75) is 6.54 Å². The number of amides is 1. The summed E-state index contributed by atoms with van der Waals surface area (Å²) in [5, 5.41) is 11.4. The molecule has 0 aliphatic heterocycles. The maximum atomic E-state index is 11.9. The first kappa shape index (κ1) is 13.6. The summed E-state index contributed by atoms with van der Waals surface area (Å²) in [7, 11) is 1.60. The van der Waals surface area contributed by atoms with Gasteiger partial charge in [-0.05, 0) is 29.8 Å². The van der Waals surface area contributed by atoms with Crippen LogP contribution >= 0.6 is 0 Å². The number of hydrogen-bond donors (Lipinski definition) is 1. The quantitative estimate of drug-likeness (QED) is 0.917. The molecule has 20 heavy (non-hydrogen) atoms. The SMILES string of the molecule is COc1ccc(CNC(=O)c2ccc(C#N)cn2)cc1. The number of nitrogens with zero attached hydrogens (tertiary/aromatic N) is 2. The van der Waals surface area contributed by atoms with Crippen LogP contribution in [0, 0.1) is 11.3 Å². The molecule has 0 radical (unpaired) electrons. The molecule has 0 atom stereocenters. The van der Waals surface area contributed by atoms with Crippen molar-refractivity contribution < 1.29 is 9.53 Å². The summed E-state index contributed by atoms with van der Waals surface area (Å²) in [6.07, 6.45) is 1.38.